The quantitative estimate of drug-likeness (QED) is 0.211. The minimum Gasteiger partial charge on any atom is -0.493 e. The maximum absolute atomic E-state index is 15.5. The number of hydrogen-bond donors (Lipinski definition) is 2. The van der Waals surface area contributed by atoms with E-state index in [2.05, 4.69) is 17.0 Å². The van der Waals surface area contributed by atoms with Crippen molar-refractivity contribution < 1.29 is 47.7 Å². The first-order chi connectivity index (χ1) is 20.0. The van der Waals surface area contributed by atoms with E-state index in [1.165, 1.54) is 20.1 Å². The van der Waals surface area contributed by atoms with Crippen molar-refractivity contribution in [3.8, 4) is 17.2 Å². The van der Waals surface area contributed by atoms with E-state index in [4.69, 9.17) is 28.9 Å². The summed E-state index contributed by atoms with van der Waals surface area (Å²) in [4.78, 5) is 32.6. The van der Waals surface area contributed by atoms with E-state index < -0.39 is 23.9 Å². The Hall–Kier alpha value is -4.61. The van der Waals surface area contributed by atoms with E-state index in [0.717, 1.165) is 61.8 Å². The highest BCUT2D eigenvalue weighted by Gasteiger charge is 2.27. The van der Waals surface area contributed by atoms with Crippen LogP contribution >= 0.6 is 0 Å². The van der Waals surface area contributed by atoms with Gasteiger partial charge < -0.3 is 33.8 Å². The van der Waals surface area contributed by atoms with Crippen LogP contribution in [0.15, 0.2) is 40.9 Å². The summed E-state index contributed by atoms with van der Waals surface area (Å²) in [5.41, 5.74) is 2.65. The maximum atomic E-state index is 15.5. The maximum Gasteiger partial charge on any atom is 0.328 e. The smallest absolute Gasteiger partial charge is 0.328 e. The fraction of sp³-hybridized carbons (Fsp3) is 0.400. The average molecular weight is 587 g/mol. The molecular weight excluding hydrogens is 551 g/mol. The summed E-state index contributed by atoms with van der Waals surface area (Å²) in [7, 11) is 1.52. The fourth-order valence-corrected chi connectivity index (χ4v) is 4.61. The van der Waals surface area contributed by atoms with Crippen LogP contribution < -0.4 is 14.4 Å². The minimum atomic E-state index is -1.26. The number of anilines is 1. The third-order valence-corrected chi connectivity index (χ3v) is 6.46. The van der Waals surface area contributed by atoms with Crippen LogP contribution in [0, 0.1) is 5.82 Å². The zero-order chi connectivity index (χ0) is 30.8. The third-order valence-electron chi connectivity index (χ3n) is 6.46. The van der Waals surface area contributed by atoms with Gasteiger partial charge in [0.1, 0.15) is 6.10 Å². The molecule has 1 fully saturated rings. The van der Waals surface area contributed by atoms with Crippen molar-refractivity contribution in [2.75, 3.05) is 25.1 Å². The molecule has 2 heterocycles. The van der Waals surface area contributed by atoms with Gasteiger partial charge in [0.15, 0.2) is 28.6 Å². The molecule has 1 aromatic heterocycles. The lowest BCUT2D eigenvalue weighted by Gasteiger charge is -2.31. The Morgan fingerprint density at radius 3 is 2.33 bits per heavy atom. The molecule has 0 amide bonds. The molecule has 226 valence electrons. The van der Waals surface area contributed by atoms with Crippen molar-refractivity contribution in [2.24, 2.45) is 0 Å². The molecule has 1 atom stereocenters. The van der Waals surface area contributed by atoms with Gasteiger partial charge in [-0.15, -0.1) is 0 Å². The van der Waals surface area contributed by atoms with Crippen LogP contribution in [0.1, 0.15) is 63.8 Å². The monoisotopic (exact) mass is 586 g/mol. The molecule has 1 saturated heterocycles. The number of carboxylic acid groups (broad SMARTS) is 2. The van der Waals surface area contributed by atoms with Gasteiger partial charge in [-0.3, -0.25) is 4.79 Å². The topological polar surface area (TPSA) is 149 Å². The molecular formula is C30H35FN2O9. The first kappa shape index (κ1) is 31.9. The molecule has 1 aliphatic rings. The van der Waals surface area contributed by atoms with Crippen LogP contribution in [-0.4, -0.2) is 53.5 Å². The third kappa shape index (κ3) is 8.21. The fourth-order valence-electron chi connectivity index (χ4n) is 4.61. The first-order valence-corrected chi connectivity index (χ1v) is 13.6. The molecule has 0 saturated carbocycles. The molecule has 4 rings (SSSR count). The van der Waals surface area contributed by atoms with E-state index in [1.54, 1.807) is 25.1 Å². The summed E-state index contributed by atoms with van der Waals surface area (Å²) in [5.74, 6) is -2.49. The Morgan fingerprint density at radius 2 is 1.76 bits per heavy atom. The summed E-state index contributed by atoms with van der Waals surface area (Å²) in [6, 6.07) is 6.57. The lowest BCUT2D eigenvalue weighted by molar-refractivity contribution is -0.145. The first-order valence-electron chi connectivity index (χ1n) is 13.6. The summed E-state index contributed by atoms with van der Waals surface area (Å²) in [6.45, 7) is 6.83. The lowest BCUT2D eigenvalue weighted by atomic mass is 10.0. The number of methoxy groups -OCH3 is 1. The SMILES string of the molecule is CCCc1noc2cc(F)c(Oc3ccc(C(C)OC(C)=O)cc3OC)c(N3CCCCC3)c12.O=C(O)C=CC(=O)O. The van der Waals surface area contributed by atoms with Crippen molar-refractivity contribution in [3.63, 3.8) is 0 Å². The number of aliphatic carboxylic acids is 2. The molecule has 2 N–H and O–H groups in total. The molecule has 0 spiro atoms. The van der Waals surface area contributed by atoms with Crippen molar-refractivity contribution in [3.05, 3.63) is 53.5 Å². The minimum absolute atomic E-state index is 0.133. The molecule has 1 unspecified atom stereocenters. The second kappa shape index (κ2) is 14.9. The van der Waals surface area contributed by atoms with Gasteiger partial charge in [-0.1, -0.05) is 24.6 Å². The van der Waals surface area contributed by atoms with Gasteiger partial charge in [0.2, 0.25) is 0 Å². The highest BCUT2D eigenvalue weighted by molar-refractivity contribution is 5.97. The number of nitrogens with zero attached hydrogens (tertiary/aromatic N) is 2. The van der Waals surface area contributed by atoms with Crippen LogP contribution in [0.4, 0.5) is 10.1 Å². The number of benzene rings is 2. The zero-order valence-corrected chi connectivity index (χ0v) is 24.0. The summed E-state index contributed by atoms with van der Waals surface area (Å²) < 4.78 is 38.0. The van der Waals surface area contributed by atoms with Crippen LogP contribution in [0.2, 0.25) is 0 Å². The second-order valence-corrected chi connectivity index (χ2v) is 9.61. The molecule has 0 aliphatic carbocycles. The number of carbonyl (C=O) groups excluding carboxylic acids is 1. The molecule has 0 radical (unpaired) electrons. The van der Waals surface area contributed by atoms with Gasteiger partial charge in [-0.05, 0) is 50.3 Å². The number of halogens is 1. The Kier molecular flexibility index (Phi) is 11.3. The van der Waals surface area contributed by atoms with Gasteiger partial charge >= 0.3 is 17.9 Å². The number of rotatable bonds is 10. The average Bonchev–Trinajstić information content (AvgIpc) is 3.34. The zero-order valence-electron chi connectivity index (χ0n) is 24.0. The normalized spacial score (nSPS) is 13.8. The second-order valence-electron chi connectivity index (χ2n) is 9.61. The molecule has 11 nitrogen and oxygen atoms in total. The largest absolute Gasteiger partial charge is 0.493 e. The van der Waals surface area contributed by atoms with Gasteiger partial charge in [-0.25, -0.2) is 14.0 Å². The number of carbonyl (C=O) groups is 3. The Bertz CT molecular complexity index is 1430. The van der Waals surface area contributed by atoms with Crippen molar-refractivity contribution in [1.29, 1.82) is 0 Å². The van der Waals surface area contributed by atoms with Crippen LogP contribution in [0.3, 0.4) is 0 Å². The Morgan fingerprint density at radius 1 is 1.10 bits per heavy atom. The number of aryl methyl sites for hydroxylation is 1. The van der Waals surface area contributed by atoms with Gasteiger partial charge in [0.25, 0.3) is 0 Å². The highest BCUT2D eigenvalue weighted by Crippen LogP contribution is 2.45. The predicted octanol–water partition coefficient (Wildman–Crippen LogP) is 6.05. The molecule has 1 aliphatic heterocycles. The van der Waals surface area contributed by atoms with E-state index in [9.17, 15) is 14.4 Å². The Labute approximate surface area is 242 Å². The number of ether oxygens (including phenoxy) is 3. The van der Waals surface area contributed by atoms with Gasteiger partial charge in [0.05, 0.1) is 23.9 Å². The molecule has 0 bridgehead atoms. The predicted molar refractivity (Wildman–Crippen MR) is 152 cm³/mol. The van der Waals surface area contributed by atoms with Crippen molar-refractivity contribution >= 4 is 34.6 Å². The number of piperidine rings is 1. The molecule has 12 heteroatoms. The standard InChI is InChI=1S/C26H31FN2O5.C4H4O4/c1-5-9-20-24-23(34-28-20)15-19(27)26(25(24)29-12-7-6-8-13-29)33-21-11-10-18(14-22(21)31-4)16(2)32-17(3)30;5-3(6)1-2-4(7)8/h10-11,14-16H,5-9,12-13H2,1-4H3;1-2H,(H,5,6)(H,7,8). The van der Waals surface area contributed by atoms with E-state index >= 15 is 4.39 Å². The molecule has 3 aromatic rings. The summed E-state index contributed by atoms with van der Waals surface area (Å²) in [6.07, 6.45) is 5.48. The summed E-state index contributed by atoms with van der Waals surface area (Å²) >= 11 is 0. The van der Waals surface area contributed by atoms with Crippen LogP contribution in [0.25, 0.3) is 11.0 Å². The van der Waals surface area contributed by atoms with Crippen molar-refractivity contribution in [1.82, 2.24) is 5.16 Å². The molecule has 42 heavy (non-hydrogen) atoms. The summed E-state index contributed by atoms with van der Waals surface area (Å²) in [5, 5.41) is 20.7. The number of fused-ring (bicyclic) bond motifs is 1. The number of carboxylic acids is 2. The number of esters is 1. The van der Waals surface area contributed by atoms with Crippen LogP contribution in [-0.2, 0) is 25.5 Å². The number of hydrogen-bond acceptors (Lipinski definition) is 9. The number of aromatic nitrogens is 1. The van der Waals surface area contributed by atoms with Gasteiger partial charge in [-0.2, -0.15) is 0 Å². The van der Waals surface area contributed by atoms with Gasteiger partial charge in [0, 0.05) is 38.2 Å². The van der Waals surface area contributed by atoms with Crippen LogP contribution in [0.5, 0.6) is 17.2 Å². The molecule has 2 aromatic carbocycles. The Balaban J connectivity index is 0.000000531. The van der Waals surface area contributed by atoms with E-state index in [1.807, 2.05) is 0 Å². The van der Waals surface area contributed by atoms with E-state index in [-0.39, 0.29) is 11.7 Å². The highest BCUT2D eigenvalue weighted by atomic mass is 19.1. The lowest BCUT2D eigenvalue weighted by Crippen LogP contribution is -2.30. The van der Waals surface area contributed by atoms with Crippen molar-refractivity contribution in [2.45, 2.75) is 59.0 Å². The van der Waals surface area contributed by atoms with E-state index in [0.29, 0.717) is 34.9 Å².